The van der Waals surface area contributed by atoms with E-state index in [1.54, 1.807) is 12.4 Å². The van der Waals surface area contributed by atoms with Gasteiger partial charge in [-0.05, 0) is 42.9 Å². The smallest absolute Gasteiger partial charge is 0.306 e. The molecule has 2 N–H and O–H groups in total. The number of rotatable bonds is 8. The molecule has 8 heteroatoms. The summed E-state index contributed by atoms with van der Waals surface area (Å²) in [4.78, 5) is 23.9. The Morgan fingerprint density at radius 1 is 1.13 bits per heavy atom. The Bertz CT molecular complexity index is 992. The topological polar surface area (TPSA) is 114 Å². The van der Waals surface area contributed by atoms with Crippen LogP contribution < -0.4 is 5.32 Å². The molecular formula is C22H25N5O3. The zero-order valence-corrected chi connectivity index (χ0v) is 17.1. The molecule has 3 aromatic rings. The standard InChI is InChI=1S/C22H25N5O3/c1-13(2)7-14-3-5-16(6-4-14)21-26-20(27-30-21)19-24-11-15(12-25-19)10-23-18-8-17(9-18)22(28)29/h3-6,11-13,17-18,23H,7-10H2,1-2H3,(H,28,29). The van der Waals surface area contributed by atoms with Crippen LogP contribution in [-0.2, 0) is 17.8 Å². The third-order valence-corrected chi connectivity index (χ3v) is 5.26. The molecule has 1 saturated carbocycles. The SMILES string of the molecule is CC(C)Cc1ccc(-c2nc(-c3ncc(CNC4CC(C(=O)O)C4)cn3)no2)cc1. The Morgan fingerprint density at radius 3 is 2.47 bits per heavy atom. The molecule has 8 nitrogen and oxygen atoms in total. The number of hydrogen-bond acceptors (Lipinski definition) is 7. The second-order valence-corrected chi connectivity index (χ2v) is 8.22. The molecule has 0 spiro atoms. The molecule has 30 heavy (non-hydrogen) atoms. The third-order valence-electron chi connectivity index (χ3n) is 5.26. The van der Waals surface area contributed by atoms with Gasteiger partial charge in [0.2, 0.25) is 11.6 Å². The molecule has 1 aliphatic carbocycles. The van der Waals surface area contributed by atoms with Crippen molar-refractivity contribution in [2.45, 2.75) is 45.7 Å². The van der Waals surface area contributed by atoms with Crippen LogP contribution in [0.5, 0.6) is 0 Å². The van der Waals surface area contributed by atoms with Gasteiger partial charge in [-0.2, -0.15) is 4.98 Å². The maximum atomic E-state index is 10.9. The molecular weight excluding hydrogens is 382 g/mol. The summed E-state index contributed by atoms with van der Waals surface area (Å²) in [7, 11) is 0. The van der Waals surface area contributed by atoms with Crippen LogP contribution >= 0.6 is 0 Å². The van der Waals surface area contributed by atoms with Gasteiger partial charge in [0, 0.05) is 36.1 Å². The average Bonchev–Trinajstić information content (AvgIpc) is 3.17. The fourth-order valence-corrected chi connectivity index (χ4v) is 3.50. The molecule has 0 radical (unpaired) electrons. The van der Waals surface area contributed by atoms with E-state index in [0.29, 0.717) is 42.8 Å². The van der Waals surface area contributed by atoms with E-state index in [1.165, 1.54) is 5.56 Å². The molecule has 2 aromatic heterocycles. The second kappa shape index (κ2) is 8.71. The number of aromatic nitrogens is 4. The lowest BCUT2D eigenvalue weighted by molar-refractivity contribution is -0.145. The zero-order valence-electron chi connectivity index (χ0n) is 17.1. The summed E-state index contributed by atoms with van der Waals surface area (Å²) < 4.78 is 5.39. The van der Waals surface area contributed by atoms with E-state index in [0.717, 1.165) is 17.5 Å². The first kappa shape index (κ1) is 20.2. The largest absolute Gasteiger partial charge is 0.481 e. The lowest BCUT2D eigenvalue weighted by atomic mass is 9.80. The first-order valence-corrected chi connectivity index (χ1v) is 10.2. The van der Waals surface area contributed by atoms with Gasteiger partial charge in [0.15, 0.2) is 0 Å². The zero-order chi connectivity index (χ0) is 21.1. The fourth-order valence-electron chi connectivity index (χ4n) is 3.50. The van der Waals surface area contributed by atoms with Crippen molar-refractivity contribution in [3.05, 3.63) is 47.8 Å². The summed E-state index contributed by atoms with van der Waals surface area (Å²) in [5, 5.41) is 16.3. The van der Waals surface area contributed by atoms with Crippen molar-refractivity contribution in [1.29, 1.82) is 0 Å². The Hall–Kier alpha value is -3.13. The maximum Gasteiger partial charge on any atom is 0.306 e. The van der Waals surface area contributed by atoms with Crippen LogP contribution in [0, 0.1) is 11.8 Å². The van der Waals surface area contributed by atoms with Gasteiger partial charge >= 0.3 is 5.97 Å². The van der Waals surface area contributed by atoms with Crippen molar-refractivity contribution < 1.29 is 14.4 Å². The number of benzene rings is 1. The molecule has 0 unspecified atom stereocenters. The summed E-state index contributed by atoms with van der Waals surface area (Å²) in [5.74, 6) is 0.857. The molecule has 1 aliphatic rings. The third kappa shape index (κ3) is 4.71. The van der Waals surface area contributed by atoms with Gasteiger partial charge in [-0.1, -0.05) is 31.1 Å². The summed E-state index contributed by atoms with van der Waals surface area (Å²) in [6.07, 6.45) is 5.81. The van der Waals surface area contributed by atoms with Crippen molar-refractivity contribution >= 4 is 5.97 Å². The molecule has 1 fully saturated rings. The molecule has 2 heterocycles. The van der Waals surface area contributed by atoms with E-state index in [1.807, 2.05) is 12.1 Å². The number of carboxylic acid groups (broad SMARTS) is 1. The molecule has 0 aliphatic heterocycles. The number of carbonyl (C=O) groups is 1. The highest BCUT2D eigenvalue weighted by Crippen LogP contribution is 2.27. The summed E-state index contributed by atoms with van der Waals surface area (Å²) in [5.41, 5.74) is 3.06. The number of hydrogen-bond donors (Lipinski definition) is 2. The van der Waals surface area contributed by atoms with Gasteiger partial charge in [-0.3, -0.25) is 4.79 Å². The van der Waals surface area contributed by atoms with Crippen LogP contribution in [0.2, 0.25) is 0 Å². The first-order chi connectivity index (χ1) is 14.5. The minimum absolute atomic E-state index is 0.222. The molecule has 0 bridgehead atoms. The van der Waals surface area contributed by atoms with Crippen molar-refractivity contribution in [2.24, 2.45) is 11.8 Å². The van der Waals surface area contributed by atoms with Crippen LogP contribution in [0.25, 0.3) is 23.1 Å². The number of nitrogens with zero attached hydrogens (tertiary/aromatic N) is 4. The fraction of sp³-hybridized carbons (Fsp3) is 0.409. The van der Waals surface area contributed by atoms with E-state index < -0.39 is 5.97 Å². The minimum Gasteiger partial charge on any atom is -0.481 e. The molecule has 1 aromatic carbocycles. The quantitative estimate of drug-likeness (QED) is 0.584. The van der Waals surface area contributed by atoms with Gasteiger partial charge in [0.05, 0.1) is 5.92 Å². The second-order valence-electron chi connectivity index (χ2n) is 8.22. The van der Waals surface area contributed by atoms with Crippen molar-refractivity contribution in [1.82, 2.24) is 25.4 Å². The summed E-state index contributed by atoms with van der Waals surface area (Å²) in [6, 6.07) is 8.37. The normalized spacial score (nSPS) is 18.4. The number of carboxylic acids is 1. The van der Waals surface area contributed by atoms with Gasteiger partial charge < -0.3 is 14.9 Å². The van der Waals surface area contributed by atoms with Crippen LogP contribution in [0.15, 0.2) is 41.2 Å². The summed E-state index contributed by atoms with van der Waals surface area (Å²) in [6.45, 7) is 4.99. The highest BCUT2D eigenvalue weighted by Gasteiger charge is 2.33. The molecule has 0 amide bonds. The van der Waals surface area contributed by atoms with E-state index in [-0.39, 0.29) is 12.0 Å². The monoisotopic (exact) mass is 407 g/mol. The lowest BCUT2D eigenvalue weighted by Crippen LogP contribution is -2.43. The van der Waals surface area contributed by atoms with Crippen LogP contribution in [-0.4, -0.2) is 37.2 Å². The van der Waals surface area contributed by atoms with Gasteiger partial charge in [-0.15, -0.1) is 0 Å². The number of nitrogens with one attached hydrogen (secondary N) is 1. The Kier molecular flexibility index (Phi) is 5.85. The molecule has 156 valence electrons. The van der Waals surface area contributed by atoms with Gasteiger partial charge in [0.1, 0.15) is 0 Å². The average molecular weight is 407 g/mol. The Morgan fingerprint density at radius 2 is 1.83 bits per heavy atom. The molecule has 0 saturated heterocycles. The predicted molar refractivity (Wildman–Crippen MR) is 110 cm³/mol. The first-order valence-electron chi connectivity index (χ1n) is 10.2. The number of aliphatic carboxylic acids is 1. The maximum absolute atomic E-state index is 10.9. The minimum atomic E-state index is -0.716. The highest BCUT2D eigenvalue weighted by molar-refractivity contribution is 5.71. The molecule has 4 rings (SSSR count). The van der Waals surface area contributed by atoms with Crippen LogP contribution in [0.1, 0.15) is 37.8 Å². The lowest BCUT2D eigenvalue weighted by Gasteiger charge is -2.33. The van der Waals surface area contributed by atoms with E-state index in [4.69, 9.17) is 9.63 Å². The van der Waals surface area contributed by atoms with Crippen molar-refractivity contribution in [2.75, 3.05) is 0 Å². The van der Waals surface area contributed by atoms with Crippen molar-refractivity contribution in [3.8, 4) is 23.1 Å². The van der Waals surface area contributed by atoms with Crippen LogP contribution in [0.3, 0.4) is 0 Å². The Balaban J connectivity index is 1.35. The Labute approximate surface area is 174 Å². The van der Waals surface area contributed by atoms with Crippen molar-refractivity contribution in [3.63, 3.8) is 0 Å². The van der Waals surface area contributed by atoms with E-state index >= 15 is 0 Å². The van der Waals surface area contributed by atoms with Gasteiger partial charge in [0.25, 0.3) is 5.89 Å². The molecule has 0 atom stereocenters. The predicted octanol–water partition coefficient (Wildman–Crippen LogP) is 3.34. The highest BCUT2D eigenvalue weighted by atomic mass is 16.5. The van der Waals surface area contributed by atoms with Crippen LogP contribution in [0.4, 0.5) is 0 Å². The summed E-state index contributed by atoms with van der Waals surface area (Å²) >= 11 is 0. The van der Waals surface area contributed by atoms with E-state index in [2.05, 4.69) is 51.4 Å². The van der Waals surface area contributed by atoms with E-state index in [9.17, 15) is 4.79 Å². The van der Waals surface area contributed by atoms with Gasteiger partial charge in [-0.25, -0.2) is 9.97 Å².